The van der Waals surface area contributed by atoms with Gasteiger partial charge in [0.05, 0.1) is 17.4 Å². The van der Waals surface area contributed by atoms with Gasteiger partial charge in [-0.25, -0.2) is 9.80 Å². The summed E-state index contributed by atoms with van der Waals surface area (Å²) in [5, 5.41) is 2.29. The lowest BCUT2D eigenvalue weighted by Gasteiger charge is -2.30. The third kappa shape index (κ3) is 5.08. The van der Waals surface area contributed by atoms with Crippen molar-refractivity contribution in [2.75, 3.05) is 6.54 Å². The van der Waals surface area contributed by atoms with Crippen molar-refractivity contribution in [2.24, 2.45) is 23.7 Å². The van der Waals surface area contributed by atoms with Gasteiger partial charge in [0, 0.05) is 20.6 Å². The second kappa shape index (κ2) is 10.9. The van der Waals surface area contributed by atoms with E-state index in [4.69, 9.17) is 16.3 Å². The summed E-state index contributed by atoms with van der Waals surface area (Å²) in [7, 11) is 0. The molecule has 0 spiro atoms. The number of nitrogens with zero attached hydrogens (tertiary/aromatic N) is 2. The zero-order valence-electron chi connectivity index (χ0n) is 21.7. The molecule has 208 valence electrons. The molecule has 4 atom stereocenters. The fourth-order valence-corrected chi connectivity index (χ4v) is 6.68. The molecule has 2 saturated carbocycles. The Morgan fingerprint density at radius 2 is 1.34 bits per heavy atom. The first-order chi connectivity index (χ1) is 19.7. The first-order valence-corrected chi connectivity index (χ1v) is 14.4. The minimum absolute atomic E-state index is 0.127. The fraction of sp³-hybridized carbons (Fsp3) is 0.258. The molecule has 1 saturated heterocycles. The fourth-order valence-electron chi connectivity index (χ4n) is 6.29. The number of benzene rings is 3. The van der Waals surface area contributed by atoms with Gasteiger partial charge in [-0.05, 0) is 104 Å². The Bertz CT molecular complexity index is 1530. The Balaban J connectivity index is 1.23. The number of amides is 3. The van der Waals surface area contributed by atoms with Crippen molar-refractivity contribution < 1.29 is 28.7 Å². The van der Waals surface area contributed by atoms with Crippen LogP contribution in [0.1, 0.15) is 50.3 Å². The zero-order valence-corrected chi connectivity index (χ0v) is 24.0. The third-order valence-electron chi connectivity index (χ3n) is 8.23. The maximum atomic E-state index is 13.7. The summed E-state index contributed by atoms with van der Waals surface area (Å²) in [6, 6.07) is 18.6. The van der Waals surface area contributed by atoms with Crippen molar-refractivity contribution in [3.05, 3.63) is 99.0 Å². The minimum Gasteiger partial charge on any atom is -0.423 e. The number of carbonyl (C=O) groups is 5. The van der Waals surface area contributed by atoms with E-state index in [1.165, 1.54) is 48.5 Å². The summed E-state index contributed by atoms with van der Waals surface area (Å²) < 4.78 is 6.23. The summed E-state index contributed by atoms with van der Waals surface area (Å²) in [5.74, 6) is -2.94. The maximum absolute atomic E-state index is 13.7. The number of imide groups is 1. The molecular formula is C31H24BrClN2O6. The molecule has 6 rings (SSSR count). The van der Waals surface area contributed by atoms with E-state index in [2.05, 4.69) is 15.9 Å². The Kier molecular flexibility index (Phi) is 7.25. The monoisotopic (exact) mass is 634 g/mol. The molecule has 3 aromatic carbocycles. The number of carbonyl (C=O) groups excluding carboxylic acids is 5. The molecule has 41 heavy (non-hydrogen) atoms. The van der Waals surface area contributed by atoms with Crippen molar-refractivity contribution >= 4 is 57.0 Å². The number of halogens is 2. The van der Waals surface area contributed by atoms with Gasteiger partial charge < -0.3 is 4.74 Å². The predicted octanol–water partition coefficient (Wildman–Crippen LogP) is 5.59. The number of ether oxygens (including phenoxy) is 1. The molecule has 1 heterocycles. The lowest BCUT2D eigenvalue weighted by Crippen LogP contribution is -2.52. The van der Waals surface area contributed by atoms with Crippen LogP contribution in [-0.2, 0) is 9.59 Å². The van der Waals surface area contributed by atoms with E-state index in [-0.39, 0.29) is 28.7 Å². The van der Waals surface area contributed by atoms with Crippen LogP contribution in [0.15, 0.2) is 77.3 Å². The highest BCUT2D eigenvalue weighted by molar-refractivity contribution is 9.10. The quantitative estimate of drug-likeness (QED) is 0.145. The van der Waals surface area contributed by atoms with Crippen molar-refractivity contribution in [1.82, 2.24) is 10.0 Å². The number of rotatable bonds is 7. The minimum atomic E-state index is -0.649. The molecule has 0 unspecified atom stereocenters. The van der Waals surface area contributed by atoms with E-state index < -0.39 is 47.9 Å². The number of hydrogen-bond donors (Lipinski definition) is 0. The summed E-state index contributed by atoms with van der Waals surface area (Å²) in [4.78, 5) is 66.6. The molecule has 8 nitrogen and oxygen atoms in total. The molecule has 0 radical (unpaired) electrons. The molecule has 3 aromatic rings. The predicted molar refractivity (Wildman–Crippen MR) is 152 cm³/mol. The normalized spacial score (nSPS) is 22.5. The van der Waals surface area contributed by atoms with Gasteiger partial charge in [0.2, 0.25) is 0 Å². The second-order valence-electron chi connectivity index (χ2n) is 10.6. The van der Waals surface area contributed by atoms with E-state index in [1.54, 1.807) is 24.3 Å². The van der Waals surface area contributed by atoms with Gasteiger partial charge in [-0.15, -0.1) is 0 Å². The first kappa shape index (κ1) is 27.4. The van der Waals surface area contributed by atoms with Gasteiger partial charge in [-0.1, -0.05) is 27.5 Å². The number of esters is 1. The van der Waals surface area contributed by atoms with Gasteiger partial charge in [0.1, 0.15) is 12.3 Å². The highest BCUT2D eigenvalue weighted by Crippen LogP contribution is 2.56. The lowest BCUT2D eigenvalue weighted by atomic mass is 9.81. The lowest BCUT2D eigenvalue weighted by molar-refractivity contribution is -0.155. The van der Waals surface area contributed by atoms with Gasteiger partial charge in [-0.2, -0.15) is 5.01 Å². The van der Waals surface area contributed by atoms with Crippen LogP contribution in [0.2, 0.25) is 5.02 Å². The number of Topliss-reactive ketones (excluding diaryl/α,β-unsaturated/α-hetero) is 1. The van der Waals surface area contributed by atoms with E-state index in [0.717, 1.165) is 33.8 Å². The van der Waals surface area contributed by atoms with Crippen LogP contribution < -0.4 is 4.74 Å². The first-order valence-electron chi connectivity index (χ1n) is 13.3. The number of hydrogen-bond acceptors (Lipinski definition) is 6. The summed E-state index contributed by atoms with van der Waals surface area (Å²) in [5.41, 5.74) is 0.780. The second-order valence-corrected chi connectivity index (χ2v) is 11.9. The number of ketones is 1. The molecular weight excluding hydrogens is 612 g/mol. The summed E-state index contributed by atoms with van der Waals surface area (Å²) >= 11 is 9.31. The van der Waals surface area contributed by atoms with Gasteiger partial charge in [-0.3, -0.25) is 19.2 Å². The SMILES string of the molecule is O=C(CN(C(=O)c1ccc(Cl)cc1)N1C(=O)[C@H]2[C@H]3CC[C@@H](C3)[C@@H]2C1=O)c1ccc(OC(=O)c2ccc(Br)cc2)cc1. The molecule has 1 aliphatic heterocycles. The van der Waals surface area contributed by atoms with Crippen molar-refractivity contribution in [3.8, 4) is 5.75 Å². The van der Waals surface area contributed by atoms with Crippen LogP contribution in [0.5, 0.6) is 5.75 Å². The van der Waals surface area contributed by atoms with Gasteiger partial charge >= 0.3 is 5.97 Å². The van der Waals surface area contributed by atoms with Crippen LogP contribution in [-0.4, -0.2) is 46.0 Å². The summed E-state index contributed by atoms with van der Waals surface area (Å²) in [6.07, 6.45) is 2.63. The Morgan fingerprint density at radius 1 is 0.805 bits per heavy atom. The molecule has 2 bridgehead atoms. The van der Waals surface area contributed by atoms with Crippen molar-refractivity contribution in [2.45, 2.75) is 19.3 Å². The number of fused-ring (bicyclic) bond motifs is 5. The van der Waals surface area contributed by atoms with Crippen molar-refractivity contribution in [3.63, 3.8) is 0 Å². The maximum Gasteiger partial charge on any atom is 0.343 e. The third-order valence-corrected chi connectivity index (χ3v) is 9.01. The van der Waals surface area contributed by atoms with Crippen LogP contribution in [0.4, 0.5) is 0 Å². The summed E-state index contributed by atoms with van der Waals surface area (Å²) in [6.45, 7) is -0.522. The van der Waals surface area contributed by atoms with Gasteiger partial charge in [0.15, 0.2) is 5.78 Å². The molecule has 0 aromatic heterocycles. The molecule has 0 N–H and O–H groups in total. The average Bonchev–Trinajstić information content (AvgIpc) is 3.66. The Labute approximate surface area is 249 Å². The number of hydrazine groups is 1. The highest BCUT2D eigenvalue weighted by atomic mass is 79.9. The zero-order chi connectivity index (χ0) is 28.8. The Hall–Kier alpha value is -3.82. The molecule has 3 amide bonds. The van der Waals surface area contributed by atoms with Crippen LogP contribution >= 0.6 is 27.5 Å². The average molecular weight is 636 g/mol. The van der Waals surface area contributed by atoms with Crippen LogP contribution in [0, 0.1) is 23.7 Å². The van der Waals surface area contributed by atoms with Gasteiger partial charge in [0.25, 0.3) is 17.7 Å². The van der Waals surface area contributed by atoms with E-state index in [1.807, 2.05) is 0 Å². The standard InChI is InChI=1S/C31H24BrClN2O6/c32-22-9-3-19(4-10-22)31(40)41-24-13-7-17(8-14-24)25(36)16-34(28(37)18-5-11-23(33)12-6-18)35-29(38)26-20-1-2-21(15-20)27(26)30(35)39/h3-14,20-21,26-27H,1-2,15-16H2/t20-,21-,26-,27-/m0/s1. The molecule has 2 aliphatic carbocycles. The molecule has 3 aliphatic rings. The topological polar surface area (TPSA) is 101 Å². The van der Waals surface area contributed by atoms with E-state index >= 15 is 0 Å². The van der Waals surface area contributed by atoms with Crippen LogP contribution in [0.25, 0.3) is 0 Å². The van der Waals surface area contributed by atoms with E-state index in [9.17, 15) is 24.0 Å². The van der Waals surface area contributed by atoms with Crippen molar-refractivity contribution in [1.29, 1.82) is 0 Å². The molecule has 10 heteroatoms. The largest absolute Gasteiger partial charge is 0.423 e. The highest BCUT2D eigenvalue weighted by Gasteiger charge is 2.62. The smallest absolute Gasteiger partial charge is 0.343 e. The Morgan fingerprint density at radius 3 is 1.93 bits per heavy atom. The van der Waals surface area contributed by atoms with Crippen LogP contribution in [0.3, 0.4) is 0 Å². The van der Waals surface area contributed by atoms with E-state index in [0.29, 0.717) is 10.6 Å². The molecule has 3 fully saturated rings.